The number of rotatable bonds is 3. The molecule has 7 heteroatoms. The highest BCUT2D eigenvalue weighted by atomic mass is 32.1. The van der Waals surface area contributed by atoms with Crippen molar-refractivity contribution in [2.24, 2.45) is 0 Å². The van der Waals surface area contributed by atoms with E-state index in [9.17, 15) is 4.79 Å². The molecule has 2 aromatic rings. The number of aryl methyl sites for hydroxylation is 1. The Morgan fingerprint density at radius 1 is 1.47 bits per heavy atom. The van der Waals surface area contributed by atoms with Gasteiger partial charge in [0.2, 0.25) is 16.0 Å². The average molecular weight is 279 g/mol. The van der Waals surface area contributed by atoms with E-state index in [0.717, 1.165) is 41.7 Å². The van der Waals surface area contributed by atoms with E-state index in [1.54, 1.807) is 4.52 Å². The van der Waals surface area contributed by atoms with Crippen LogP contribution in [0.25, 0.3) is 4.96 Å². The quantitative estimate of drug-likeness (QED) is 0.846. The molecule has 3 heterocycles. The fourth-order valence-electron chi connectivity index (χ4n) is 2.29. The van der Waals surface area contributed by atoms with Gasteiger partial charge in [0.1, 0.15) is 0 Å². The third kappa shape index (κ3) is 2.42. The molecule has 0 saturated carbocycles. The highest BCUT2D eigenvalue weighted by Gasteiger charge is 2.20. The second-order valence-electron chi connectivity index (χ2n) is 4.94. The minimum atomic E-state index is 0.184. The summed E-state index contributed by atoms with van der Waals surface area (Å²) < 4.78 is 1.77. The van der Waals surface area contributed by atoms with Gasteiger partial charge < -0.3 is 9.80 Å². The molecule has 1 amide bonds. The van der Waals surface area contributed by atoms with Gasteiger partial charge in [0, 0.05) is 20.1 Å². The molecule has 102 valence electrons. The van der Waals surface area contributed by atoms with Crippen LogP contribution in [0.5, 0.6) is 0 Å². The molecule has 6 nitrogen and oxygen atoms in total. The number of likely N-dealkylation sites (tertiary alicyclic amines) is 1. The summed E-state index contributed by atoms with van der Waals surface area (Å²) in [5.41, 5.74) is 0.959. The molecule has 2 aromatic heterocycles. The van der Waals surface area contributed by atoms with Crippen molar-refractivity contribution in [1.82, 2.24) is 19.5 Å². The van der Waals surface area contributed by atoms with Crippen molar-refractivity contribution >= 4 is 27.3 Å². The molecule has 0 aliphatic carbocycles. The van der Waals surface area contributed by atoms with E-state index < -0.39 is 0 Å². The Labute approximate surface area is 115 Å². The summed E-state index contributed by atoms with van der Waals surface area (Å²) in [6, 6.07) is 0. The number of fused-ring (bicyclic) bond motifs is 1. The van der Waals surface area contributed by atoms with E-state index in [-0.39, 0.29) is 5.91 Å². The topological polar surface area (TPSA) is 53.7 Å². The first-order chi connectivity index (χ1) is 9.13. The Kier molecular flexibility index (Phi) is 3.14. The first kappa shape index (κ1) is 12.4. The largest absolute Gasteiger partial charge is 0.341 e. The lowest BCUT2D eigenvalue weighted by atomic mass is 10.4. The molecule has 1 aliphatic rings. The van der Waals surface area contributed by atoms with E-state index in [1.165, 1.54) is 11.3 Å². The fourth-order valence-corrected chi connectivity index (χ4v) is 3.18. The van der Waals surface area contributed by atoms with Gasteiger partial charge in [-0.2, -0.15) is 0 Å². The van der Waals surface area contributed by atoms with Crippen LogP contribution < -0.4 is 4.90 Å². The van der Waals surface area contributed by atoms with Gasteiger partial charge in [-0.3, -0.25) is 4.79 Å². The van der Waals surface area contributed by atoms with Gasteiger partial charge in [0.15, 0.2) is 0 Å². The summed E-state index contributed by atoms with van der Waals surface area (Å²) in [4.78, 5) is 21.1. The third-order valence-electron chi connectivity index (χ3n) is 3.31. The molecule has 1 aliphatic heterocycles. The molecule has 3 rings (SSSR count). The Morgan fingerprint density at radius 3 is 2.89 bits per heavy atom. The molecule has 0 atom stereocenters. The summed E-state index contributed by atoms with van der Waals surface area (Å²) in [5.74, 6) is 0.184. The lowest BCUT2D eigenvalue weighted by Gasteiger charge is -2.20. The smallest absolute Gasteiger partial charge is 0.242 e. The lowest BCUT2D eigenvalue weighted by molar-refractivity contribution is -0.128. The minimum absolute atomic E-state index is 0.184. The van der Waals surface area contributed by atoms with Crippen LogP contribution >= 0.6 is 11.3 Å². The van der Waals surface area contributed by atoms with E-state index in [1.807, 2.05) is 30.0 Å². The molecule has 0 spiro atoms. The predicted molar refractivity (Wildman–Crippen MR) is 74.7 cm³/mol. The van der Waals surface area contributed by atoms with Gasteiger partial charge in [0.25, 0.3) is 0 Å². The van der Waals surface area contributed by atoms with E-state index >= 15 is 0 Å². The van der Waals surface area contributed by atoms with Gasteiger partial charge in [-0.05, 0) is 19.8 Å². The summed E-state index contributed by atoms with van der Waals surface area (Å²) in [5, 5.41) is 5.27. The van der Waals surface area contributed by atoms with Gasteiger partial charge in [0.05, 0.1) is 18.4 Å². The molecule has 0 N–H and O–H groups in total. The number of carbonyl (C=O) groups excluding carboxylic acids is 1. The molecule has 0 bridgehead atoms. The van der Waals surface area contributed by atoms with Crippen LogP contribution in [0.4, 0.5) is 5.13 Å². The van der Waals surface area contributed by atoms with E-state index in [2.05, 4.69) is 10.1 Å². The van der Waals surface area contributed by atoms with Crippen molar-refractivity contribution in [3.8, 4) is 0 Å². The maximum absolute atomic E-state index is 12.1. The third-order valence-corrected chi connectivity index (χ3v) is 4.35. The zero-order chi connectivity index (χ0) is 13.4. The SMILES string of the molecule is Cc1cn2nc(N(C)CC(=O)N3CCCC3)sc2n1. The number of carbonyl (C=O) groups is 1. The maximum Gasteiger partial charge on any atom is 0.242 e. The monoisotopic (exact) mass is 279 g/mol. The van der Waals surface area contributed by atoms with Crippen molar-refractivity contribution in [3.05, 3.63) is 11.9 Å². The standard InChI is InChI=1S/C12H17N5OS/c1-9-7-17-11(13-9)19-12(14-17)15(2)8-10(18)16-5-3-4-6-16/h7H,3-6,8H2,1-2H3. The number of likely N-dealkylation sites (N-methyl/N-ethyl adjacent to an activating group) is 1. The van der Waals surface area contributed by atoms with Crippen LogP contribution in [0.15, 0.2) is 6.20 Å². The van der Waals surface area contributed by atoms with E-state index in [4.69, 9.17) is 0 Å². The Hall–Kier alpha value is -1.63. The first-order valence-electron chi connectivity index (χ1n) is 6.45. The number of aromatic nitrogens is 3. The summed E-state index contributed by atoms with van der Waals surface area (Å²) >= 11 is 1.51. The number of amides is 1. The van der Waals surface area contributed by atoms with E-state index in [0.29, 0.717) is 6.54 Å². The van der Waals surface area contributed by atoms with Crippen molar-refractivity contribution in [2.45, 2.75) is 19.8 Å². The van der Waals surface area contributed by atoms with Crippen molar-refractivity contribution in [2.75, 3.05) is 31.6 Å². The molecule has 0 aromatic carbocycles. The van der Waals surface area contributed by atoms with Gasteiger partial charge in [-0.15, -0.1) is 5.10 Å². The molecule has 1 fully saturated rings. The summed E-state index contributed by atoms with van der Waals surface area (Å²) in [6.07, 6.45) is 4.14. The Morgan fingerprint density at radius 2 is 2.21 bits per heavy atom. The molecular formula is C12H17N5OS. The first-order valence-corrected chi connectivity index (χ1v) is 7.27. The molecule has 1 saturated heterocycles. The number of hydrogen-bond donors (Lipinski definition) is 0. The van der Waals surface area contributed by atoms with Crippen molar-refractivity contribution in [1.29, 1.82) is 0 Å². The zero-order valence-corrected chi connectivity index (χ0v) is 12.0. The zero-order valence-electron chi connectivity index (χ0n) is 11.2. The summed E-state index contributed by atoms with van der Waals surface area (Å²) in [6.45, 7) is 4.12. The van der Waals surface area contributed by atoms with Crippen LogP contribution in [0.3, 0.4) is 0 Å². The number of hydrogen-bond acceptors (Lipinski definition) is 5. The van der Waals surface area contributed by atoms with Crippen LogP contribution in [0.1, 0.15) is 18.5 Å². The molecule has 19 heavy (non-hydrogen) atoms. The average Bonchev–Trinajstić information content (AvgIpc) is 3.01. The van der Waals surface area contributed by atoms with Crippen LogP contribution in [0.2, 0.25) is 0 Å². The number of imidazole rings is 1. The molecule has 0 radical (unpaired) electrons. The highest BCUT2D eigenvalue weighted by molar-refractivity contribution is 7.20. The van der Waals surface area contributed by atoms with Gasteiger partial charge >= 0.3 is 0 Å². The minimum Gasteiger partial charge on any atom is -0.341 e. The highest BCUT2D eigenvalue weighted by Crippen LogP contribution is 2.22. The van der Waals surface area contributed by atoms with Crippen LogP contribution in [-0.2, 0) is 4.79 Å². The van der Waals surface area contributed by atoms with Crippen LogP contribution in [0, 0.1) is 6.92 Å². The fraction of sp³-hybridized carbons (Fsp3) is 0.583. The Bertz CT molecular complexity index is 567. The molecular weight excluding hydrogens is 262 g/mol. The molecule has 0 unspecified atom stereocenters. The van der Waals surface area contributed by atoms with Crippen molar-refractivity contribution in [3.63, 3.8) is 0 Å². The second-order valence-corrected chi connectivity index (χ2v) is 5.87. The predicted octanol–water partition coefficient (Wildman–Crippen LogP) is 1.16. The van der Waals surface area contributed by atoms with Crippen molar-refractivity contribution < 1.29 is 4.79 Å². The Balaban J connectivity index is 1.70. The second kappa shape index (κ2) is 4.80. The number of nitrogens with zero attached hydrogens (tertiary/aromatic N) is 5. The lowest BCUT2D eigenvalue weighted by Crippen LogP contribution is -2.37. The van der Waals surface area contributed by atoms with Gasteiger partial charge in [-0.1, -0.05) is 11.3 Å². The van der Waals surface area contributed by atoms with Gasteiger partial charge in [-0.25, -0.2) is 9.50 Å². The van der Waals surface area contributed by atoms with Crippen LogP contribution in [-0.4, -0.2) is 52.1 Å². The number of anilines is 1. The summed E-state index contributed by atoms with van der Waals surface area (Å²) in [7, 11) is 1.90. The maximum atomic E-state index is 12.1. The normalized spacial score (nSPS) is 15.4.